The minimum Gasteiger partial charge on any atom is -0.351 e. The zero-order valence-electron chi connectivity index (χ0n) is 12.4. The van der Waals surface area contributed by atoms with Crippen molar-refractivity contribution in [2.75, 3.05) is 13.1 Å². The first-order valence-corrected chi connectivity index (χ1v) is 8.89. The van der Waals surface area contributed by atoms with Gasteiger partial charge in [0.1, 0.15) is 0 Å². The third kappa shape index (κ3) is 4.54. The Hall–Kier alpha value is -0.880. The quantitative estimate of drug-likeness (QED) is 0.882. The van der Waals surface area contributed by atoms with Crippen molar-refractivity contribution in [1.82, 2.24) is 10.2 Å². The normalized spacial score (nSPS) is 16.3. The highest BCUT2D eigenvalue weighted by Crippen LogP contribution is 2.23. The number of piperidine rings is 1. The SMILES string of the molecule is CC(C)C(=O)N1CCC(C(=O)NCc2ccc(Br)s2)CC1. The van der Waals surface area contributed by atoms with Crippen molar-refractivity contribution >= 4 is 39.1 Å². The average molecular weight is 373 g/mol. The van der Waals surface area contributed by atoms with Gasteiger partial charge in [0.15, 0.2) is 0 Å². The lowest BCUT2D eigenvalue weighted by Gasteiger charge is -2.32. The molecule has 6 heteroatoms. The van der Waals surface area contributed by atoms with Crippen molar-refractivity contribution in [3.05, 3.63) is 20.8 Å². The highest BCUT2D eigenvalue weighted by Gasteiger charge is 2.27. The number of carbonyl (C=O) groups is 2. The lowest BCUT2D eigenvalue weighted by atomic mass is 9.95. The summed E-state index contributed by atoms with van der Waals surface area (Å²) in [5, 5.41) is 3.00. The third-order valence-corrected chi connectivity index (χ3v) is 5.36. The van der Waals surface area contributed by atoms with Gasteiger partial charge < -0.3 is 10.2 Å². The number of halogens is 1. The van der Waals surface area contributed by atoms with Crippen molar-refractivity contribution in [3.8, 4) is 0 Å². The molecule has 0 unspecified atom stereocenters. The second-order valence-corrected chi connectivity index (χ2v) is 8.23. The van der Waals surface area contributed by atoms with Crippen molar-refractivity contribution in [2.45, 2.75) is 33.2 Å². The monoisotopic (exact) mass is 372 g/mol. The Morgan fingerprint density at radius 2 is 2.05 bits per heavy atom. The number of hydrogen-bond donors (Lipinski definition) is 1. The standard InChI is InChI=1S/C15H21BrN2O2S/c1-10(2)15(20)18-7-5-11(6-8-18)14(19)17-9-12-3-4-13(16)21-12/h3-4,10-11H,5-9H2,1-2H3,(H,17,19). The molecule has 2 rings (SSSR count). The van der Waals surface area contributed by atoms with E-state index in [1.165, 1.54) is 0 Å². The fourth-order valence-corrected chi connectivity index (χ4v) is 3.92. The Bertz CT molecular complexity index is 508. The van der Waals surface area contributed by atoms with E-state index in [2.05, 4.69) is 21.2 Å². The lowest BCUT2D eigenvalue weighted by molar-refractivity contribution is -0.138. The first-order valence-electron chi connectivity index (χ1n) is 7.28. The van der Waals surface area contributed by atoms with Crippen LogP contribution in [-0.2, 0) is 16.1 Å². The molecule has 2 heterocycles. The minimum atomic E-state index is 0.0321. The smallest absolute Gasteiger partial charge is 0.225 e. The van der Waals surface area contributed by atoms with Crippen LogP contribution in [0.25, 0.3) is 0 Å². The van der Waals surface area contributed by atoms with Crippen molar-refractivity contribution in [2.24, 2.45) is 11.8 Å². The van der Waals surface area contributed by atoms with Gasteiger partial charge in [-0.2, -0.15) is 0 Å². The maximum absolute atomic E-state index is 12.2. The van der Waals surface area contributed by atoms with Gasteiger partial charge in [-0.15, -0.1) is 11.3 Å². The molecule has 0 spiro atoms. The Labute approximate surface area is 138 Å². The zero-order valence-corrected chi connectivity index (χ0v) is 14.8. The molecule has 0 aliphatic carbocycles. The van der Waals surface area contributed by atoms with Gasteiger partial charge in [-0.05, 0) is 40.9 Å². The van der Waals surface area contributed by atoms with Crippen LogP contribution in [-0.4, -0.2) is 29.8 Å². The van der Waals surface area contributed by atoms with E-state index in [4.69, 9.17) is 0 Å². The van der Waals surface area contributed by atoms with Crippen molar-refractivity contribution in [1.29, 1.82) is 0 Å². The summed E-state index contributed by atoms with van der Waals surface area (Å²) in [4.78, 5) is 27.1. The summed E-state index contributed by atoms with van der Waals surface area (Å²) >= 11 is 5.05. The molecule has 1 N–H and O–H groups in total. The second-order valence-electron chi connectivity index (χ2n) is 5.68. The van der Waals surface area contributed by atoms with Gasteiger partial charge in [-0.25, -0.2) is 0 Å². The first kappa shape index (κ1) is 16.5. The van der Waals surface area contributed by atoms with Crippen LogP contribution < -0.4 is 5.32 Å². The summed E-state index contributed by atoms with van der Waals surface area (Å²) in [6.45, 7) is 5.81. The van der Waals surface area contributed by atoms with Crippen LogP contribution in [0, 0.1) is 11.8 Å². The number of hydrogen-bond acceptors (Lipinski definition) is 3. The molecule has 1 aliphatic rings. The van der Waals surface area contributed by atoms with Gasteiger partial charge in [-0.1, -0.05) is 13.8 Å². The highest BCUT2D eigenvalue weighted by atomic mass is 79.9. The Balaban J connectivity index is 1.76. The molecule has 0 atom stereocenters. The predicted molar refractivity (Wildman–Crippen MR) is 88.0 cm³/mol. The Morgan fingerprint density at radius 3 is 2.57 bits per heavy atom. The summed E-state index contributed by atoms with van der Waals surface area (Å²) in [7, 11) is 0. The summed E-state index contributed by atoms with van der Waals surface area (Å²) in [6.07, 6.45) is 1.52. The maximum Gasteiger partial charge on any atom is 0.225 e. The lowest BCUT2D eigenvalue weighted by Crippen LogP contribution is -2.44. The Kier molecular flexibility index (Phi) is 5.81. The van der Waals surface area contributed by atoms with Crippen molar-refractivity contribution in [3.63, 3.8) is 0 Å². The van der Waals surface area contributed by atoms with E-state index in [-0.39, 0.29) is 23.7 Å². The molecule has 1 aliphatic heterocycles. The average Bonchev–Trinajstić information content (AvgIpc) is 2.89. The van der Waals surface area contributed by atoms with Crippen LogP contribution in [0.2, 0.25) is 0 Å². The topological polar surface area (TPSA) is 49.4 Å². The molecule has 1 saturated heterocycles. The number of carbonyl (C=O) groups excluding carboxylic acids is 2. The molecule has 0 bridgehead atoms. The molecular weight excluding hydrogens is 352 g/mol. The number of amides is 2. The van der Waals surface area contributed by atoms with E-state index in [1.807, 2.05) is 30.9 Å². The van der Waals surface area contributed by atoms with Gasteiger partial charge in [0, 0.05) is 29.8 Å². The van der Waals surface area contributed by atoms with Gasteiger partial charge in [-0.3, -0.25) is 9.59 Å². The molecule has 0 aromatic carbocycles. The zero-order chi connectivity index (χ0) is 15.4. The predicted octanol–water partition coefficient (Wildman–Crippen LogP) is 3.02. The number of thiophene rings is 1. The van der Waals surface area contributed by atoms with Crippen LogP contribution in [0.1, 0.15) is 31.6 Å². The minimum absolute atomic E-state index is 0.0321. The van der Waals surface area contributed by atoms with Crippen LogP contribution in [0.5, 0.6) is 0 Å². The van der Waals surface area contributed by atoms with Crippen LogP contribution >= 0.6 is 27.3 Å². The molecule has 0 radical (unpaired) electrons. The van der Waals surface area contributed by atoms with Crippen LogP contribution in [0.4, 0.5) is 0 Å². The fraction of sp³-hybridized carbons (Fsp3) is 0.600. The number of nitrogens with one attached hydrogen (secondary N) is 1. The van der Waals surface area contributed by atoms with E-state index >= 15 is 0 Å². The van der Waals surface area contributed by atoms with Gasteiger partial charge in [0.25, 0.3) is 0 Å². The maximum atomic E-state index is 12.2. The van der Waals surface area contributed by atoms with Crippen molar-refractivity contribution < 1.29 is 9.59 Å². The summed E-state index contributed by atoms with van der Waals surface area (Å²) < 4.78 is 1.08. The van der Waals surface area contributed by atoms with Crippen LogP contribution in [0.15, 0.2) is 15.9 Å². The molecule has 1 aromatic heterocycles. The molecule has 21 heavy (non-hydrogen) atoms. The number of nitrogens with zero attached hydrogens (tertiary/aromatic N) is 1. The van der Waals surface area contributed by atoms with E-state index in [9.17, 15) is 9.59 Å². The summed E-state index contributed by atoms with van der Waals surface area (Å²) in [6, 6.07) is 4.00. The number of likely N-dealkylation sites (tertiary alicyclic amines) is 1. The van der Waals surface area contributed by atoms with E-state index in [1.54, 1.807) is 11.3 Å². The van der Waals surface area contributed by atoms with E-state index in [0.29, 0.717) is 19.6 Å². The fourth-order valence-electron chi connectivity index (χ4n) is 2.49. The molecule has 116 valence electrons. The highest BCUT2D eigenvalue weighted by molar-refractivity contribution is 9.11. The molecule has 1 fully saturated rings. The molecular formula is C15H21BrN2O2S. The molecule has 4 nitrogen and oxygen atoms in total. The summed E-state index contributed by atoms with van der Waals surface area (Å²) in [5.74, 6) is 0.366. The number of rotatable bonds is 4. The van der Waals surface area contributed by atoms with Crippen LogP contribution in [0.3, 0.4) is 0 Å². The van der Waals surface area contributed by atoms with Gasteiger partial charge in [0.05, 0.1) is 10.3 Å². The summed E-state index contributed by atoms with van der Waals surface area (Å²) in [5.41, 5.74) is 0. The second kappa shape index (κ2) is 7.40. The Morgan fingerprint density at radius 1 is 1.38 bits per heavy atom. The first-order chi connectivity index (χ1) is 9.97. The van der Waals surface area contributed by atoms with E-state index in [0.717, 1.165) is 21.5 Å². The van der Waals surface area contributed by atoms with Gasteiger partial charge >= 0.3 is 0 Å². The molecule has 0 saturated carbocycles. The molecule has 1 aromatic rings. The largest absolute Gasteiger partial charge is 0.351 e. The van der Waals surface area contributed by atoms with E-state index < -0.39 is 0 Å². The third-order valence-electron chi connectivity index (χ3n) is 3.74. The molecule has 2 amide bonds. The van der Waals surface area contributed by atoms with Gasteiger partial charge in [0.2, 0.25) is 11.8 Å².